The Morgan fingerprint density at radius 3 is 2.70 bits per heavy atom. The average Bonchev–Trinajstić information content (AvgIpc) is 2.94. The molecule has 0 saturated carbocycles. The molecule has 1 fully saturated rings. The molecule has 2 aromatic carbocycles. The Labute approximate surface area is 203 Å². The largest absolute Gasteiger partial charge is 0.370 e. The number of aliphatic imine (C=N–C) groups is 1. The Morgan fingerprint density at radius 2 is 1.91 bits per heavy atom. The summed E-state index contributed by atoms with van der Waals surface area (Å²) in [5.74, 6) is -0.462. The van der Waals surface area contributed by atoms with E-state index in [1.54, 1.807) is 24.3 Å². The minimum absolute atomic E-state index is 0.0802. The number of rotatable bonds is 7. The van der Waals surface area contributed by atoms with Gasteiger partial charge in [0.1, 0.15) is 26.2 Å². The molecule has 2 aliphatic heterocycles. The zero-order valence-corrected chi connectivity index (χ0v) is 19.8. The number of hydrogen-bond donors (Lipinski definition) is 2. The van der Waals surface area contributed by atoms with Crippen molar-refractivity contribution >= 4 is 46.4 Å². The van der Waals surface area contributed by atoms with Gasteiger partial charge in [-0.25, -0.2) is 0 Å². The zero-order chi connectivity index (χ0) is 23.2. The van der Waals surface area contributed by atoms with E-state index < -0.39 is 0 Å². The molecule has 2 N–H and O–H groups in total. The summed E-state index contributed by atoms with van der Waals surface area (Å²) in [6.07, 6.45) is 0.876. The second kappa shape index (κ2) is 11.1. The van der Waals surface area contributed by atoms with Crippen LogP contribution in [-0.2, 0) is 14.3 Å². The quantitative estimate of drug-likeness (QED) is 0.580. The summed E-state index contributed by atoms with van der Waals surface area (Å²) >= 11 is 12.7. The van der Waals surface area contributed by atoms with Crippen LogP contribution in [0.1, 0.15) is 17.5 Å². The molecule has 174 valence electrons. The number of carbonyl (C=O) groups is 2. The fraction of sp³-hybridized carbons (Fsp3) is 0.375. The Bertz CT molecular complexity index is 1050. The number of ether oxygens (including phenoxy) is 1. The number of anilines is 1. The maximum atomic E-state index is 13.0. The summed E-state index contributed by atoms with van der Waals surface area (Å²) in [7, 11) is 0. The van der Waals surface area contributed by atoms with Crippen LogP contribution in [0.4, 0.5) is 5.69 Å². The predicted octanol–water partition coefficient (Wildman–Crippen LogP) is 1.60. The number of fused-ring (bicyclic) bond motifs is 1. The smallest absolute Gasteiger partial charge is 0.249 e. The predicted molar refractivity (Wildman–Crippen MR) is 130 cm³/mol. The lowest BCUT2D eigenvalue weighted by molar-refractivity contribution is -0.908. The van der Waals surface area contributed by atoms with Crippen molar-refractivity contribution in [2.24, 2.45) is 4.99 Å². The van der Waals surface area contributed by atoms with E-state index in [9.17, 15) is 9.59 Å². The van der Waals surface area contributed by atoms with Crippen molar-refractivity contribution < 1.29 is 19.2 Å². The number of carbonyl (C=O) groups excluding carboxylic acids is 2. The van der Waals surface area contributed by atoms with Gasteiger partial charge in [-0.2, -0.15) is 0 Å². The van der Waals surface area contributed by atoms with Crippen LogP contribution in [0.3, 0.4) is 0 Å². The highest BCUT2D eigenvalue weighted by molar-refractivity contribution is 6.37. The molecule has 0 unspecified atom stereocenters. The molecule has 7 nitrogen and oxygen atoms in total. The number of morpholine rings is 1. The average molecular weight is 490 g/mol. The number of benzodiazepines with no additional fused rings is 1. The van der Waals surface area contributed by atoms with E-state index in [0.717, 1.165) is 39.3 Å². The van der Waals surface area contributed by atoms with Crippen molar-refractivity contribution in [3.8, 4) is 0 Å². The van der Waals surface area contributed by atoms with Crippen molar-refractivity contribution in [3.05, 3.63) is 63.6 Å². The lowest BCUT2D eigenvalue weighted by atomic mass is 10.00. The molecule has 0 aromatic heterocycles. The lowest BCUT2D eigenvalue weighted by Crippen LogP contribution is -3.14. The highest BCUT2D eigenvalue weighted by atomic mass is 35.5. The molecule has 2 heterocycles. The summed E-state index contributed by atoms with van der Waals surface area (Å²) in [6.45, 7) is 4.99. The van der Waals surface area contributed by atoms with Crippen molar-refractivity contribution in [1.82, 2.24) is 5.32 Å². The van der Waals surface area contributed by atoms with Crippen LogP contribution in [0.25, 0.3) is 0 Å². The van der Waals surface area contributed by atoms with Crippen molar-refractivity contribution in [2.45, 2.75) is 6.42 Å². The zero-order valence-electron chi connectivity index (χ0n) is 18.3. The van der Waals surface area contributed by atoms with Crippen LogP contribution in [0, 0.1) is 0 Å². The summed E-state index contributed by atoms with van der Waals surface area (Å²) < 4.78 is 5.37. The molecule has 0 spiro atoms. The second-order valence-electron chi connectivity index (χ2n) is 8.10. The molecule has 4 rings (SSSR count). The van der Waals surface area contributed by atoms with E-state index in [1.807, 2.05) is 18.2 Å². The van der Waals surface area contributed by atoms with Crippen LogP contribution < -0.4 is 15.1 Å². The number of hydrogen-bond acceptors (Lipinski definition) is 4. The van der Waals surface area contributed by atoms with Gasteiger partial charge in [-0.15, -0.1) is 0 Å². The molecule has 0 atom stereocenters. The van der Waals surface area contributed by atoms with E-state index >= 15 is 0 Å². The Kier molecular flexibility index (Phi) is 7.98. The molecule has 2 aliphatic rings. The van der Waals surface area contributed by atoms with Crippen LogP contribution in [-0.4, -0.2) is 70.0 Å². The van der Waals surface area contributed by atoms with Crippen molar-refractivity contribution in [3.63, 3.8) is 0 Å². The van der Waals surface area contributed by atoms with Gasteiger partial charge in [-0.3, -0.25) is 14.6 Å². The Morgan fingerprint density at radius 1 is 1.12 bits per heavy atom. The molecule has 1 saturated heterocycles. The van der Waals surface area contributed by atoms with Crippen LogP contribution >= 0.6 is 23.2 Å². The van der Waals surface area contributed by atoms with Crippen LogP contribution in [0.5, 0.6) is 0 Å². The molecule has 33 heavy (non-hydrogen) atoms. The Hall–Kier alpha value is -2.45. The first-order valence-corrected chi connectivity index (χ1v) is 11.9. The van der Waals surface area contributed by atoms with Crippen LogP contribution in [0.2, 0.25) is 10.0 Å². The molecule has 9 heteroatoms. The second-order valence-corrected chi connectivity index (χ2v) is 8.95. The summed E-state index contributed by atoms with van der Waals surface area (Å²) in [6, 6.07) is 12.6. The first-order chi connectivity index (χ1) is 16.0. The number of quaternary nitrogens is 1. The van der Waals surface area contributed by atoms with Crippen LogP contribution in [0.15, 0.2) is 47.5 Å². The Balaban J connectivity index is 1.47. The van der Waals surface area contributed by atoms with E-state index in [1.165, 1.54) is 9.80 Å². The van der Waals surface area contributed by atoms with Gasteiger partial charge in [-0.1, -0.05) is 41.4 Å². The first kappa shape index (κ1) is 23.7. The van der Waals surface area contributed by atoms with Gasteiger partial charge in [0.05, 0.1) is 31.2 Å². The minimum Gasteiger partial charge on any atom is -0.370 e. The number of amides is 2. The fourth-order valence-electron chi connectivity index (χ4n) is 4.12. The molecular formula is C24H27Cl2N4O3+. The maximum Gasteiger partial charge on any atom is 0.249 e. The third kappa shape index (κ3) is 5.92. The summed E-state index contributed by atoms with van der Waals surface area (Å²) in [4.78, 5) is 33.1. The lowest BCUT2D eigenvalue weighted by Gasteiger charge is -2.24. The normalized spacial score (nSPS) is 16.7. The highest BCUT2D eigenvalue weighted by Crippen LogP contribution is 2.31. The number of halogens is 2. The van der Waals surface area contributed by atoms with Gasteiger partial charge in [-0.05, 0) is 24.3 Å². The minimum atomic E-state index is -0.256. The van der Waals surface area contributed by atoms with Gasteiger partial charge in [0.2, 0.25) is 11.8 Å². The third-order valence-electron chi connectivity index (χ3n) is 5.84. The molecule has 2 amide bonds. The van der Waals surface area contributed by atoms with Gasteiger partial charge in [0.25, 0.3) is 0 Å². The van der Waals surface area contributed by atoms with E-state index in [0.29, 0.717) is 39.1 Å². The number of benzene rings is 2. The fourth-order valence-corrected chi connectivity index (χ4v) is 4.51. The van der Waals surface area contributed by atoms with Gasteiger partial charge in [0.15, 0.2) is 0 Å². The maximum absolute atomic E-state index is 13.0. The van der Waals surface area contributed by atoms with Gasteiger partial charge < -0.3 is 19.9 Å². The van der Waals surface area contributed by atoms with Gasteiger partial charge >= 0.3 is 0 Å². The first-order valence-electron chi connectivity index (χ1n) is 11.1. The summed E-state index contributed by atoms with van der Waals surface area (Å²) in [5, 5.41) is 3.99. The SMILES string of the molecule is O=C(CN1C(=O)CN=C(c2ccccc2Cl)c2cc(Cl)ccc21)NCCC[NH+]1CCOCC1. The topological polar surface area (TPSA) is 75.4 Å². The van der Waals surface area contributed by atoms with Crippen molar-refractivity contribution in [1.29, 1.82) is 0 Å². The monoisotopic (exact) mass is 489 g/mol. The van der Waals surface area contributed by atoms with Gasteiger partial charge in [0, 0.05) is 34.1 Å². The summed E-state index contributed by atoms with van der Waals surface area (Å²) in [5.41, 5.74) is 2.56. The molecule has 0 bridgehead atoms. The molecule has 2 aromatic rings. The van der Waals surface area contributed by atoms with E-state index in [2.05, 4.69) is 10.3 Å². The highest BCUT2D eigenvalue weighted by Gasteiger charge is 2.27. The molecule has 0 radical (unpaired) electrons. The number of nitrogens with one attached hydrogen (secondary N) is 2. The molecular weight excluding hydrogens is 463 g/mol. The standard InChI is InChI=1S/C24H26Cl2N4O3/c25-17-6-7-21-19(14-17)24(18-4-1-2-5-20(18)26)28-15-23(32)30(21)16-22(31)27-8-3-9-29-10-12-33-13-11-29/h1-2,4-7,14H,3,8-13,15-16H2,(H,27,31)/p+1. The third-order valence-corrected chi connectivity index (χ3v) is 6.40. The van der Waals surface area contributed by atoms with E-state index in [4.69, 9.17) is 27.9 Å². The molecule has 0 aliphatic carbocycles. The van der Waals surface area contributed by atoms with Crippen molar-refractivity contribution in [2.75, 3.05) is 57.4 Å². The van der Waals surface area contributed by atoms with E-state index in [-0.39, 0.29) is 24.9 Å². The number of nitrogens with zero attached hydrogens (tertiary/aromatic N) is 2.